The van der Waals surface area contributed by atoms with Crippen molar-refractivity contribution in [2.75, 3.05) is 24.3 Å². The van der Waals surface area contributed by atoms with Crippen LogP contribution in [0.1, 0.15) is 19.3 Å². The van der Waals surface area contributed by atoms with Gasteiger partial charge < -0.3 is 5.32 Å². The highest BCUT2D eigenvalue weighted by Crippen LogP contribution is 2.37. The van der Waals surface area contributed by atoms with E-state index in [0.717, 1.165) is 17.2 Å². The van der Waals surface area contributed by atoms with E-state index in [1.54, 1.807) is 0 Å². The molecule has 0 aromatic carbocycles. The summed E-state index contributed by atoms with van der Waals surface area (Å²) in [6.07, 6.45) is 4.40. The van der Waals surface area contributed by atoms with Gasteiger partial charge in [0.1, 0.15) is 0 Å². The van der Waals surface area contributed by atoms with E-state index in [-0.39, 0.29) is 0 Å². The van der Waals surface area contributed by atoms with Crippen molar-refractivity contribution in [1.82, 2.24) is 5.32 Å². The largest absolute Gasteiger partial charge is 0.316 e. The first-order chi connectivity index (χ1) is 6.40. The number of hydrogen-bond donors (Lipinski definition) is 1. The Bertz CT molecular complexity index is 153. The van der Waals surface area contributed by atoms with Crippen molar-refractivity contribution in [3.63, 3.8) is 0 Å². The molecule has 76 valence electrons. The molecule has 2 unspecified atom stereocenters. The zero-order valence-electron chi connectivity index (χ0n) is 8.29. The molecule has 2 fully saturated rings. The van der Waals surface area contributed by atoms with Crippen LogP contribution in [0.3, 0.4) is 0 Å². The van der Waals surface area contributed by atoms with E-state index < -0.39 is 0 Å². The second-order valence-corrected chi connectivity index (χ2v) is 6.56. The molecule has 3 heteroatoms. The predicted octanol–water partition coefficient (Wildman–Crippen LogP) is 2.22. The summed E-state index contributed by atoms with van der Waals surface area (Å²) >= 11 is 4.32. The minimum Gasteiger partial charge on any atom is -0.316 e. The zero-order chi connectivity index (χ0) is 9.10. The summed E-state index contributed by atoms with van der Waals surface area (Å²) in [6.45, 7) is 0. The predicted molar refractivity (Wildman–Crippen MR) is 63.8 cm³/mol. The molecule has 2 rings (SSSR count). The van der Waals surface area contributed by atoms with Crippen LogP contribution in [-0.4, -0.2) is 35.6 Å². The first-order valence-corrected chi connectivity index (χ1v) is 7.47. The Labute approximate surface area is 89.8 Å². The molecular weight excluding hydrogens is 198 g/mol. The summed E-state index contributed by atoms with van der Waals surface area (Å²) in [7, 11) is 2.13. The van der Waals surface area contributed by atoms with E-state index in [9.17, 15) is 0 Å². The molecule has 1 heterocycles. The van der Waals surface area contributed by atoms with Crippen LogP contribution in [-0.2, 0) is 0 Å². The van der Waals surface area contributed by atoms with Crippen LogP contribution in [0.2, 0.25) is 0 Å². The second-order valence-electron chi connectivity index (χ2n) is 4.06. The maximum atomic E-state index is 3.51. The van der Waals surface area contributed by atoms with E-state index in [0.29, 0.717) is 0 Å². The van der Waals surface area contributed by atoms with E-state index in [1.807, 2.05) is 0 Å². The molecule has 13 heavy (non-hydrogen) atoms. The number of nitrogens with one attached hydrogen (secondary N) is 1. The Morgan fingerprint density at radius 2 is 2.23 bits per heavy atom. The molecule has 1 nitrogen and oxygen atoms in total. The summed E-state index contributed by atoms with van der Waals surface area (Å²) in [6, 6.07) is 0.783. The van der Waals surface area contributed by atoms with Crippen LogP contribution in [0.15, 0.2) is 0 Å². The lowest BCUT2D eigenvalue weighted by Crippen LogP contribution is -2.39. The van der Waals surface area contributed by atoms with Crippen LogP contribution >= 0.6 is 23.5 Å². The number of thioether (sulfide) groups is 2. The first-order valence-electron chi connectivity index (χ1n) is 5.26. The minimum absolute atomic E-state index is 0.783. The van der Waals surface area contributed by atoms with Gasteiger partial charge in [-0.3, -0.25) is 0 Å². The highest BCUT2D eigenvalue weighted by Gasteiger charge is 2.30. The Balaban J connectivity index is 1.78. The van der Waals surface area contributed by atoms with E-state index in [2.05, 4.69) is 35.9 Å². The molecule has 0 aromatic rings. The molecule has 1 saturated heterocycles. The summed E-state index contributed by atoms with van der Waals surface area (Å²) < 4.78 is 0. The lowest BCUT2D eigenvalue weighted by Gasteiger charge is -2.29. The molecule has 1 saturated carbocycles. The third-order valence-corrected chi connectivity index (χ3v) is 5.87. The van der Waals surface area contributed by atoms with Crippen molar-refractivity contribution in [2.24, 2.45) is 5.92 Å². The van der Waals surface area contributed by atoms with Gasteiger partial charge in [0.2, 0.25) is 0 Å². The highest BCUT2D eigenvalue weighted by atomic mass is 32.2. The molecule has 2 aliphatic rings. The first kappa shape index (κ1) is 10.2. The molecule has 1 aliphatic heterocycles. The molecule has 0 radical (unpaired) electrons. The van der Waals surface area contributed by atoms with Crippen LogP contribution in [0.4, 0.5) is 0 Å². The fraction of sp³-hybridized carbons (Fsp3) is 1.00. The minimum atomic E-state index is 0.783. The van der Waals surface area contributed by atoms with Crippen LogP contribution < -0.4 is 5.32 Å². The van der Waals surface area contributed by atoms with Gasteiger partial charge in [-0.1, -0.05) is 12.8 Å². The van der Waals surface area contributed by atoms with Crippen molar-refractivity contribution >= 4 is 23.5 Å². The van der Waals surface area contributed by atoms with Gasteiger partial charge in [-0.15, -0.1) is 0 Å². The Hall–Kier alpha value is 0.660. The maximum Gasteiger partial charge on any atom is 0.0291 e. The normalized spacial score (nSPS) is 31.6. The van der Waals surface area contributed by atoms with Gasteiger partial charge in [0.05, 0.1) is 0 Å². The van der Waals surface area contributed by atoms with E-state index in [1.165, 1.54) is 36.5 Å². The van der Waals surface area contributed by atoms with Gasteiger partial charge in [0.25, 0.3) is 0 Å². The van der Waals surface area contributed by atoms with Crippen molar-refractivity contribution < 1.29 is 0 Å². The zero-order valence-corrected chi connectivity index (χ0v) is 9.92. The number of hydrogen-bond acceptors (Lipinski definition) is 3. The van der Waals surface area contributed by atoms with Gasteiger partial charge in [-0.2, -0.15) is 23.5 Å². The molecule has 1 aliphatic carbocycles. The monoisotopic (exact) mass is 217 g/mol. The molecule has 0 aromatic heterocycles. The van der Waals surface area contributed by atoms with Gasteiger partial charge in [-0.05, 0) is 19.4 Å². The quantitative estimate of drug-likeness (QED) is 0.775. The third kappa shape index (κ3) is 3.07. The molecule has 0 amide bonds. The molecular formula is C10H19NS2. The van der Waals surface area contributed by atoms with Crippen molar-refractivity contribution in [3.05, 3.63) is 0 Å². The molecule has 2 atom stereocenters. The summed E-state index contributed by atoms with van der Waals surface area (Å²) in [4.78, 5) is 0. The van der Waals surface area contributed by atoms with E-state index >= 15 is 0 Å². The van der Waals surface area contributed by atoms with Crippen LogP contribution in [0.25, 0.3) is 0 Å². The summed E-state index contributed by atoms with van der Waals surface area (Å²) in [5, 5.41) is 4.39. The second kappa shape index (κ2) is 4.94. The smallest absolute Gasteiger partial charge is 0.0291 e. The van der Waals surface area contributed by atoms with Gasteiger partial charge >= 0.3 is 0 Å². The summed E-state index contributed by atoms with van der Waals surface area (Å²) in [5.41, 5.74) is 0. The van der Waals surface area contributed by atoms with Crippen LogP contribution in [0.5, 0.6) is 0 Å². The Kier molecular flexibility index (Phi) is 3.87. The van der Waals surface area contributed by atoms with Gasteiger partial charge in [0, 0.05) is 28.6 Å². The fourth-order valence-electron chi connectivity index (χ4n) is 1.91. The topological polar surface area (TPSA) is 12.0 Å². The summed E-state index contributed by atoms with van der Waals surface area (Å²) in [5.74, 6) is 5.15. The lowest BCUT2D eigenvalue weighted by molar-refractivity contribution is 0.492. The fourth-order valence-corrected chi connectivity index (χ4v) is 4.85. The van der Waals surface area contributed by atoms with Gasteiger partial charge in [0.15, 0.2) is 0 Å². The molecule has 1 N–H and O–H groups in total. The number of rotatable bonds is 4. The average molecular weight is 217 g/mol. The third-order valence-electron chi connectivity index (χ3n) is 2.95. The highest BCUT2D eigenvalue weighted by molar-refractivity contribution is 8.06. The Morgan fingerprint density at radius 3 is 2.77 bits per heavy atom. The SMILES string of the molecule is CNC(CC1CC1)C1CSCCS1. The maximum absolute atomic E-state index is 3.51. The van der Waals surface area contributed by atoms with Crippen molar-refractivity contribution in [2.45, 2.75) is 30.6 Å². The molecule has 0 spiro atoms. The molecule has 0 bridgehead atoms. The van der Waals surface area contributed by atoms with Crippen LogP contribution in [0, 0.1) is 5.92 Å². The average Bonchev–Trinajstić information content (AvgIpc) is 2.99. The lowest BCUT2D eigenvalue weighted by atomic mass is 10.1. The van der Waals surface area contributed by atoms with E-state index in [4.69, 9.17) is 0 Å². The van der Waals surface area contributed by atoms with Crippen molar-refractivity contribution in [3.8, 4) is 0 Å². The standard InChI is InChI=1S/C10H19NS2/c1-11-9(6-8-2-3-8)10-7-12-4-5-13-10/h8-11H,2-7H2,1H3. The van der Waals surface area contributed by atoms with Crippen molar-refractivity contribution in [1.29, 1.82) is 0 Å². The van der Waals surface area contributed by atoms with Gasteiger partial charge in [-0.25, -0.2) is 0 Å². The Morgan fingerprint density at radius 1 is 1.38 bits per heavy atom.